The zero-order valence-electron chi connectivity index (χ0n) is 31.1. The van der Waals surface area contributed by atoms with Crippen molar-refractivity contribution in [3.05, 3.63) is 154 Å². The highest BCUT2D eigenvalue weighted by Crippen LogP contribution is 2.35. The first-order valence-corrected chi connectivity index (χ1v) is 18.7. The minimum absolute atomic E-state index is 0.000719. The Kier molecular flexibility index (Phi) is 15.5. The van der Waals surface area contributed by atoms with Crippen LogP contribution in [0.3, 0.4) is 0 Å². The zero-order valence-corrected chi connectivity index (χ0v) is 31.8. The Morgan fingerprint density at radius 1 is 0.660 bits per heavy atom. The fourth-order valence-electron chi connectivity index (χ4n) is 6.70. The number of para-hydroxylation sites is 1. The fraction of sp³-hybridized carbons (Fsp3) is 0.341. The summed E-state index contributed by atoms with van der Waals surface area (Å²) in [6, 6.07) is 35.9. The van der Waals surface area contributed by atoms with Crippen molar-refractivity contribution in [2.75, 3.05) is 89.3 Å². The number of pyridine rings is 1. The molecule has 5 aromatic rings. The largest absolute Gasteiger partial charge is 0.382 e. The van der Waals surface area contributed by atoms with Gasteiger partial charge in [-0.05, 0) is 66.1 Å². The van der Waals surface area contributed by atoms with E-state index in [1.54, 1.807) is 7.11 Å². The predicted molar refractivity (Wildman–Crippen MR) is 218 cm³/mol. The maximum Gasteiger partial charge on any atom is 0.274 e. The van der Waals surface area contributed by atoms with Crippen LogP contribution >= 0.6 is 11.6 Å². The molecule has 1 saturated heterocycles. The van der Waals surface area contributed by atoms with Gasteiger partial charge in [-0.2, -0.15) is 0 Å². The van der Waals surface area contributed by atoms with Crippen LogP contribution in [0, 0.1) is 6.92 Å². The van der Waals surface area contributed by atoms with Crippen molar-refractivity contribution in [2.24, 2.45) is 0 Å². The molecule has 0 bridgehead atoms. The molecule has 2 heterocycles. The van der Waals surface area contributed by atoms with Crippen LogP contribution in [0.4, 0.5) is 11.4 Å². The lowest BCUT2D eigenvalue weighted by Crippen LogP contribution is -2.48. The lowest BCUT2D eigenvalue weighted by Gasteiger charge is -2.37. The number of aromatic nitrogens is 1. The molecule has 1 fully saturated rings. The first kappa shape index (κ1) is 39.8. The number of hydrogen-bond acceptors (Lipinski definition) is 7. The first-order valence-electron chi connectivity index (χ1n) is 18.3. The highest BCUT2D eigenvalue weighted by molar-refractivity contribution is 6.30. The smallest absolute Gasteiger partial charge is 0.274 e. The molecule has 0 amide bonds. The summed E-state index contributed by atoms with van der Waals surface area (Å²) in [5.41, 5.74) is 7.55. The predicted octanol–water partition coefficient (Wildman–Crippen LogP) is 7.97. The molecule has 0 saturated carbocycles. The Labute approximate surface area is 319 Å². The van der Waals surface area contributed by atoms with Gasteiger partial charge < -0.3 is 33.3 Å². The van der Waals surface area contributed by atoms with Gasteiger partial charge in [0.2, 0.25) is 0 Å². The van der Waals surface area contributed by atoms with Crippen LogP contribution in [0.2, 0.25) is 5.02 Å². The van der Waals surface area contributed by atoms with Gasteiger partial charge in [0, 0.05) is 61.8 Å². The van der Waals surface area contributed by atoms with Crippen molar-refractivity contribution in [1.29, 1.82) is 0 Å². The molecular weight excluding hydrogens is 686 g/mol. The summed E-state index contributed by atoms with van der Waals surface area (Å²) in [6.07, 6.45) is 0. The third kappa shape index (κ3) is 10.8. The number of piperazine rings is 1. The number of rotatable bonds is 17. The van der Waals surface area contributed by atoms with E-state index in [2.05, 4.69) is 115 Å². The highest BCUT2D eigenvalue weighted by Gasteiger charge is 2.23. The molecule has 280 valence electrons. The van der Waals surface area contributed by atoms with E-state index in [0.29, 0.717) is 57.8 Å². The Morgan fingerprint density at radius 2 is 1.21 bits per heavy atom. The molecule has 1 unspecified atom stereocenters. The lowest BCUT2D eigenvalue weighted by molar-refractivity contribution is 0.00277. The van der Waals surface area contributed by atoms with E-state index in [9.17, 15) is 4.79 Å². The van der Waals surface area contributed by atoms with Crippen LogP contribution in [0.15, 0.2) is 121 Å². The second-order valence-corrected chi connectivity index (χ2v) is 13.3. The van der Waals surface area contributed by atoms with Gasteiger partial charge in [-0.1, -0.05) is 77.8 Å². The quantitative estimate of drug-likeness (QED) is 0.0545. The molecule has 1 aromatic heterocycles. The van der Waals surface area contributed by atoms with Crippen LogP contribution < -0.4 is 15.4 Å². The van der Waals surface area contributed by atoms with Crippen molar-refractivity contribution >= 4 is 33.9 Å². The number of halogens is 1. The average molecular weight is 738 g/mol. The Bertz CT molecular complexity index is 1850. The number of hydrogen-bond donors (Lipinski definition) is 0. The average Bonchev–Trinajstić information content (AvgIpc) is 3.20. The molecule has 0 aliphatic carbocycles. The first-order chi connectivity index (χ1) is 26.0. The van der Waals surface area contributed by atoms with Gasteiger partial charge in [0.1, 0.15) is 5.69 Å². The molecule has 6 rings (SSSR count). The second-order valence-electron chi connectivity index (χ2n) is 12.8. The summed E-state index contributed by atoms with van der Waals surface area (Å²) in [4.78, 5) is 18.9. The third-order valence-corrected chi connectivity index (χ3v) is 9.67. The van der Waals surface area contributed by atoms with Crippen LogP contribution in [-0.2, 0) is 25.5 Å². The third-order valence-electron chi connectivity index (χ3n) is 9.42. The maximum absolute atomic E-state index is 14.3. The molecule has 4 aromatic carbocycles. The normalized spacial score (nSPS) is 13.5. The number of benzene rings is 4. The molecule has 9 heteroatoms. The van der Waals surface area contributed by atoms with Crippen LogP contribution in [0.25, 0.3) is 10.9 Å². The van der Waals surface area contributed by atoms with Crippen molar-refractivity contribution in [3.8, 4) is 0 Å². The maximum atomic E-state index is 14.3. The van der Waals surface area contributed by atoms with Crippen molar-refractivity contribution in [3.63, 3.8) is 0 Å². The van der Waals surface area contributed by atoms with E-state index in [1.807, 2.05) is 22.8 Å². The molecule has 0 N–H and O–H groups in total. The topological polar surface area (TPSA) is 65.4 Å². The number of methoxy groups -OCH3 is 1. The van der Waals surface area contributed by atoms with Gasteiger partial charge in [-0.25, -0.2) is 0 Å². The van der Waals surface area contributed by atoms with Crippen molar-refractivity contribution in [2.45, 2.75) is 19.4 Å². The summed E-state index contributed by atoms with van der Waals surface area (Å²) in [6.45, 7) is 15.2. The minimum Gasteiger partial charge on any atom is -0.382 e. The van der Waals surface area contributed by atoms with E-state index < -0.39 is 0 Å². The molecule has 0 spiro atoms. The van der Waals surface area contributed by atoms with E-state index >= 15 is 0 Å². The van der Waals surface area contributed by atoms with Gasteiger partial charge in [0.25, 0.3) is 5.56 Å². The fourth-order valence-corrected chi connectivity index (χ4v) is 6.82. The molecule has 8 nitrogen and oxygen atoms in total. The monoisotopic (exact) mass is 737 g/mol. The minimum atomic E-state index is -0.000719. The number of anilines is 2. The second kappa shape index (κ2) is 20.7. The van der Waals surface area contributed by atoms with E-state index in [1.165, 1.54) is 16.8 Å². The Hall–Kier alpha value is -4.44. The molecule has 1 atom stereocenters. The Morgan fingerprint density at radius 3 is 1.83 bits per heavy atom. The van der Waals surface area contributed by atoms with Crippen LogP contribution in [0.1, 0.15) is 28.2 Å². The molecule has 0 radical (unpaired) electrons. The summed E-state index contributed by atoms with van der Waals surface area (Å²) >= 11 is 6.31. The zero-order chi connectivity index (χ0) is 37.4. The highest BCUT2D eigenvalue weighted by atomic mass is 35.5. The Balaban J connectivity index is 0.00000266. The van der Waals surface area contributed by atoms with Crippen molar-refractivity contribution in [1.82, 2.24) is 4.57 Å². The van der Waals surface area contributed by atoms with E-state index in [0.717, 1.165) is 53.9 Å². The molecular formula is C44H52ClN3O5. The standard InChI is InChI=1S/C42H48ClN3O5.C2H4/c1-32-8-10-33(11-9-32)41(34-12-15-37(43)16-13-34)35-14-17-39-36(30-35)31-40(45-20-18-44(19-21-45)38-6-4-3-5-7-38)42(47)46(39)22-23-49-26-27-51-29-28-50-25-24-48-2;1-2/h3-17,30-31,41H,18-29H2,1-2H3;1-2H2. The molecule has 53 heavy (non-hydrogen) atoms. The summed E-state index contributed by atoms with van der Waals surface area (Å²) < 4.78 is 23.9. The number of nitrogens with zero attached hydrogens (tertiary/aromatic N) is 3. The molecule has 1 aliphatic heterocycles. The van der Waals surface area contributed by atoms with Crippen LogP contribution in [-0.4, -0.2) is 84.1 Å². The van der Waals surface area contributed by atoms with Gasteiger partial charge in [-0.15, -0.1) is 13.2 Å². The van der Waals surface area contributed by atoms with Crippen LogP contribution in [0.5, 0.6) is 0 Å². The lowest BCUT2D eigenvalue weighted by atomic mass is 9.84. The summed E-state index contributed by atoms with van der Waals surface area (Å²) in [7, 11) is 1.65. The summed E-state index contributed by atoms with van der Waals surface area (Å²) in [5.74, 6) is -0.000719. The van der Waals surface area contributed by atoms with Gasteiger partial charge in [-0.3, -0.25) is 4.79 Å². The number of ether oxygens (including phenoxy) is 4. The van der Waals surface area contributed by atoms with Gasteiger partial charge in [0.05, 0.1) is 51.8 Å². The SMILES string of the molecule is C=C.COCCOCCOCCOCCn1c(=O)c(N2CCN(c3ccccc3)CC2)cc2cc(C(c3ccc(C)cc3)c3ccc(Cl)cc3)ccc21. The van der Waals surface area contributed by atoms with Gasteiger partial charge in [0.15, 0.2) is 0 Å². The number of fused-ring (bicyclic) bond motifs is 1. The van der Waals surface area contributed by atoms with E-state index in [4.69, 9.17) is 30.5 Å². The molecule has 1 aliphatic rings. The summed E-state index contributed by atoms with van der Waals surface area (Å²) in [5, 5.41) is 1.73. The van der Waals surface area contributed by atoms with Crippen molar-refractivity contribution < 1.29 is 18.9 Å². The number of aryl methyl sites for hydroxylation is 1. The van der Waals surface area contributed by atoms with E-state index in [-0.39, 0.29) is 11.5 Å². The van der Waals surface area contributed by atoms with Gasteiger partial charge >= 0.3 is 0 Å².